The molecule has 6 N–H and O–H groups in total. The van der Waals surface area contributed by atoms with Gasteiger partial charge in [0.25, 0.3) is 0 Å². The highest BCUT2D eigenvalue weighted by molar-refractivity contribution is 7.89. The summed E-state index contributed by atoms with van der Waals surface area (Å²) in [6, 6.07) is 2.03. The first-order valence-corrected chi connectivity index (χ1v) is 7.12. The molecule has 0 unspecified atom stereocenters. The van der Waals surface area contributed by atoms with Crippen molar-refractivity contribution >= 4 is 15.7 Å². The summed E-state index contributed by atoms with van der Waals surface area (Å²) in [5.74, 6) is -0.798. The zero-order valence-corrected chi connectivity index (χ0v) is 11.6. The third-order valence-electron chi connectivity index (χ3n) is 2.87. The molecule has 1 aromatic rings. The molecular formula is C11H17FN2O5S. The highest BCUT2D eigenvalue weighted by Gasteiger charge is 2.34. The van der Waals surface area contributed by atoms with Gasteiger partial charge in [0.15, 0.2) is 0 Å². The smallest absolute Gasteiger partial charge is 0.241 e. The predicted octanol–water partition coefficient (Wildman–Crippen LogP) is -1.29. The van der Waals surface area contributed by atoms with Gasteiger partial charge in [-0.1, -0.05) is 0 Å². The van der Waals surface area contributed by atoms with Crippen molar-refractivity contribution in [3.8, 4) is 0 Å². The number of nitrogen functional groups attached to an aromatic ring is 1. The van der Waals surface area contributed by atoms with E-state index in [1.807, 2.05) is 4.72 Å². The van der Waals surface area contributed by atoms with Crippen molar-refractivity contribution in [1.82, 2.24) is 4.72 Å². The predicted molar refractivity (Wildman–Crippen MR) is 69.9 cm³/mol. The molecule has 20 heavy (non-hydrogen) atoms. The van der Waals surface area contributed by atoms with Crippen LogP contribution in [-0.4, -0.2) is 49.1 Å². The van der Waals surface area contributed by atoms with Crippen LogP contribution in [0.15, 0.2) is 17.0 Å². The Labute approximate surface area is 115 Å². The maximum atomic E-state index is 13.5. The highest BCUT2D eigenvalue weighted by Crippen LogP contribution is 2.23. The van der Waals surface area contributed by atoms with Gasteiger partial charge in [-0.15, -0.1) is 0 Å². The van der Waals surface area contributed by atoms with Crippen LogP contribution in [0.1, 0.15) is 5.56 Å². The molecule has 0 fully saturated rings. The van der Waals surface area contributed by atoms with Gasteiger partial charge in [0.1, 0.15) is 11.4 Å². The Morgan fingerprint density at radius 1 is 1.25 bits per heavy atom. The average Bonchev–Trinajstić information content (AvgIpc) is 2.40. The fourth-order valence-corrected chi connectivity index (χ4v) is 3.21. The molecule has 0 aliphatic rings. The van der Waals surface area contributed by atoms with Gasteiger partial charge in [0.2, 0.25) is 10.0 Å². The van der Waals surface area contributed by atoms with Crippen LogP contribution >= 0.6 is 0 Å². The maximum absolute atomic E-state index is 13.5. The first kappa shape index (κ1) is 16.8. The summed E-state index contributed by atoms with van der Waals surface area (Å²) in [6.07, 6.45) is 0. The van der Waals surface area contributed by atoms with Crippen molar-refractivity contribution in [3.05, 3.63) is 23.5 Å². The maximum Gasteiger partial charge on any atom is 0.241 e. The summed E-state index contributed by atoms with van der Waals surface area (Å²) in [4.78, 5) is -0.422. The summed E-state index contributed by atoms with van der Waals surface area (Å²) in [5, 5.41) is 27.4. The number of nitrogens with two attached hydrogens (primary N) is 1. The molecule has 1 rings (SSSR count). The molecule has 0 spiro atoms. The highest BCUT2D eigenvalue weighted by atomic mass is 32.2. The topological polar surface area (TPSA) is 133 Å². The monoisotopic (exact) mass is 308 g/mol. The van der Waals surface area contributed by atoms with Gasteiger partial charge in [0, 0.05) is 11.3 Å². The lowest BCUT2D eigenvalue weighted by atomic mass is 10.1. The summed E-state index contributed by atoms with van der Waals surface area (Å²) in [7, 11) is -4.28. The number of benzene rings is 1. The molecule has 0 aliphatic carbocycles. The van der Waals surface area contributed by atoms with E-state index in [2.05, 4.69) is 0 Å². The molecule has 114 valence electrons. The lowest BCUT2D eigenvalue weighted by Crippen LogP contribution is -2.56. The summed E-state index contributed by atoms with van der Waals surface area (Å²) >= 11 is 0. The van der Waals surface area contributed by atoms with E-state index in [1.54, 1.807) is 0 Å². The minimum absolute atomic E-state index is 0.0870. The number of halogens is 1. The van der Waals surface area contributed by atoms with Gasteiger partial charge in [-0.05, 0) is 19.1 Å². The van der Waals surface area contributed by atoms with Crippen LogP contribution < -0.4 is 10.5 Å². The number of anilines is 1. The minimum Gasteiger partial charge on any atom is -0.399 e. The van der Waals surface area contributed by atoms with Gasteiger partial charge < -0.3 is 21.1 Å². The molecule has 0 radical (unpaired) electrons. The molecule has 0 amide bonds. The Morgan fingerprint density at radius 3 is 2.20 bits per heavy atom. The van der Waals surface area contributed by atoms with E-state index < -0.39 is 46.1 Å². The second-order valence-electron chi connectivity index (χ2n) is 4.49. The minimum atomic E-state index is -4.28. The fraction of sp³-hybridized carbons (Fsp3) is 0.455. The van der Waals surface area contributed by atoms with Crippen molar-refractivity contribution in [1.29, 1.82) is 0 Å². The average molecular weight is 308 g/mol. The summed E-state index contributed by atoms with van der Waals surface area (Å²) in [6.45, 7) is -1.24. The Morgan fingerprint density at radius 2 is 1.75 bits per heavy atom. The van der Waals surface area contributed by atoms with Crippen LogP contribution in [-0.2, 0) is 10.0 Å². The molecule has 0 heterocycles. The molecule has 0 atom stereocenters. The number of hydrogen-bond acceptors (Lipinski definition) is 6. The van der Waals surface area contributed by atoms with E-state index in [9.17, 15) is 12.8 Å². The molecule has 0 saturated heterocycles. The molecule has 9 heteroatoms. The van der Waals surface area contributed by atoms with Gasteiger partial charge in [-0.2, -0.15) is 4.72 Å². The Balaban J connectivity index is 3.31. The van der Waals surface area contributed by atoms with Crippen molar-refractivity contribution in [2.75, 3.05) is 25.6 Å². The van der Waals surface area contributed by atoms with E-state index in [4.69, 9.17) is 21.1 Å². The number of sulfonamides is 1. The lowest BCUT2D eigenvalue weighted by Gasteiger charge is -2.28. The van der Waals surface area contributed by atoms with Gasteiger partial charge in [0.05, 0.1) is 24.7 Å². The number of aliphatic hydroxyl groups excluding tert-OH is 3. The van der Waals surface area contributed by atoms with E-state index in [0.717, 1.165) is 12.1 Å². The first-order chi connectivity index (χ1) is 9.21. The fourth-order valence-electron chi connectivity index (χ4n) is 1.54. The second kappa shape index (κ2) is 6.02. The molecule has 1 aromatic carbocycles. The van der Waals surface area contributed by atoms with Crippen molar-refractivity contribution < 1.29 is 28.1 Å². The summed E-state index contributed by atoms with van der Waals surface area (Å²) < 4.78 is 39.9. The van der Waals surface area contributed by atoms with Crippen LogP contribution in [0.4, 0.5) is 10.1 Å². The molecule has 0 saturated carbocycles. The molecular weight excluding hydrogens is 291 g/mol. The molecule has 7 nitrogen and oxygen atoms in total. The van der Waals surface area contributed by atoms with Crippen LogP contribution in [0.25, 0.3) is 0 Å². The SMILES string of the molecule is Cc1c(F)cc(N)cc1S(=O)(=O)NC(CO)(CO)CO. The van der Waals surface area contributed by atoms with Crippen LogP contribution in [0.5, 0.6) is 0 Å². The second-order valence-corrected chi connectivity index (χ2v) is 6.14. The molecule has 0 aliphatic heterocycles. The number of rotatable bonds is 6. The van der Waals surface area contributed by atoms with E-state index >= 15 is 0 Å². The largest absolute Gasteiger partial charge is 0.399 e. The third kappa shape index (κ3) is 3.25. The van der Waals surface area contributed by atoms with E-state index in [1.165, 1.54) is 6.92 Å². The van der Waals surface area contributed by atoms with Gasteiger partial charge in [-0.25, -0.2) is 12.8 Å². The zero-order chi connectivity index (χ0) is 15.6. The van der Waals surface area contributed by atoms with Crippen LogP contribution in [0, 0.1) is 12.7 Å². The number of hydrogen-bond donors (Lipinski definition) is 5. The zero-order valence-electron chi connectivity index (χ0n) is 10.8. The van der Waals surface area contributed by atoms with E-state index in [-0.39, 0.29) is 11.3 Å². The quantitative estimate of drug-likeness (QED) is 0.415. The van der Waals surface area contributed by atoms with Crippen LogP contribution in [0.2, 0.25) is 0 Å². The van der Waals surface area contributed by atoms with Crippen LogP contribution in [0.3, 0.4) is 0 Å². The molecule has 0 bridgehead atoms. The van der Waals surface area contributed by atoms with E-state index in [0.29, 0.717) is 0 Å². The lowest BCUT2D eigenvalue weighted by molar-refractivity contribution is 0.0582. The van der Waals surface area contributed by atoms with Crippen molar-refractivity contribution in [3.63, 3.8) is 0 Å². The van der Waals surface area contributed by atoms with Crippen molar-refractivity contribution in [2.45, 2.75) is 17.4 Å². The van der Waals surface area contributed by atoms with Crippen molar-refractivity contribution in [2.24, 2.45) is 0 Å². The Bertz CT molecular complexity index is 578. The Hall–Kier alpha value is -1.26. The number of aliphatic hydroxyl groups is 3. The summed E-state index contributed by atoms with van der Waals surface area (Å²) in [5.41, 5.74) is 3.32. The molecule has 0 aromatic heterocycles. The standard InChI is InChI=1S/C11H17FN2O5S/c1-7-9(12)2-8(13)3-10(7)20(18,19)14-11(4-15,5-16)6-17/h2-3,14-17H,4-6,13H2,1H3. The van der Waals surface area contributed by atoms with Gasteiger partial charge >= 0.3 is 0 Å². The Kier molecular flexibility index (Phi) is 5.05. The first-order valence-electron chi connectivity index (χ1n) is 5.63. The van der Waals surface area contributed by atoms with Gasteiger partial charge in [-0.3, -0.25) is 0 Å². The number of nitrogens with one attached hydrogen (secondary N) is 1. The third-order valence-corrected chi connectivity index (χ3v) is 4.57. The normalized spacial score (nSPS) is 12.7.